The molecular weight excluding hydrogens is 206 g/mol. The summed E-state index contributed by atoms with van der Waals surface area (Å²) in [6.45, 7) is 3.19. The summed E-state index contributed by atoms with van der Waals surface area (Å²) in [5, 5.41) is 4.09. The second kappa shape index (κ2) is 4.71. The number of hydrogen-bond acceptors (Lipinski definition) is 5. The molecule has 2 N–H and O–H groups in total. The van der Waals surface area contributed by atoms with Gasteiger partial charge in [0, 0.05) is 13.1 Å². The van der Waals surface area contributed by atoms with Crippen molar-refractivity contribution in [2.24, 2.45) is 5.73 Å². The molecule has 2 rings (SSSR count). The van der Waals surface area contributed by atoms with E-state index < -0.39 is 0 Å². The highest BCUT2D eigenvalue weighted by atomic mass is 16.5. The van der Waals surface area contributed by atoms with Crippen LogP contribution in [0.1, 0.15) is 12.6 Å². The number of nitrogens with zero attached hydrogens (tertiary/aromatic N) is 4. The van der Waals surface area contributed by atoms with E-state index in [1.54, 1.807) is 29.5 Å². The van der Waals surface area contributed by atoms with E-state index in [2.05, 4.69) is 15.1 Å². The number of aryl methyl sites for hydroxylation is 1. The molecule has 0 unspecified atom stereocenters. The minimum Gasteiger partial charge on any atom is -0.434 e. The van der Waals surface area contributed by atoms with Gasteiger partial charge in [0.25, 0.3) is 0 Å². The fourth-order valence-electron chi connectivity index (χ4n) is 1.19. The van der Waals surface area contributed by atoms with Crippen LogP contribution < -0.4 is 10.5 Å². The molecule has 0 saturated carbocycles. The Bertz CT molecular complexity index is 450. The Morgan fingerprint density at radius 2 is 2.19 bits per heavy atom. The van der Waals surface area contributed by atoms with Gasteiger partial charge in [-0.15, -0.1) is 0 Å². The predicted octanol–water partition coefficient (Wildman–Crippen LogP) is 0.944. The van der Waals surface area contributed by atoms with Gasteiger partial charge >= 0.3 is 0 Å². The molecule has 16 heavy (non-hydrogen) atoms. The summed E-state index contributed by atoms with van der Waals surface area (Å²) in [7, 11) is 0. The molecule has 6 nitrogen and oxygen atoms in total. The molecule has 84 valence electrons. The zero-order chi connectivity index (χ0) is 11.4. The third-order valence-electron chi connectivity index (χ3n) is 2.05. The van der Waals surface area contributed by atoms with Crippen molar-refractivity contribution in [2.45, 2.75) is 20.0 Å². The van der Waals surface area contributed by atoms with Gasteiger partial charge in [-0.3, -0.25) is 9.67 Å². The van der Waals surface area contributed by atoms with E-state index in [9.17, 15) is 0 Å². The van der Waals surface area contributed by atoms with Gasteiger partial charge in [0.05, 0.1) is 30.5 Å². The van der Waals surface area contributed by atoms with Crippen LogP contribution in [0.2, 0.25) is 0 Å². The van der Waals surface area contributed by atoms with Crippen molar-refractivity contribution < 1.29 is 4.74 Å². The molecule has 0 saturated heterocycles. The number of hydrogen-bond donors (Lipinski definition) is 1. The minimum atomic E-state index is 0.376. The van der Waals surface area contributed by atoms with Gasteiger partial charge in [0.2, 0.25) is 5.88 Å². The van der Waals surface area contributed by atoms with Crippen molar-refractivity contribution in [3.63, 3.8) is 0 Å². The Labute approximate surface area is 93.1 Å². The number of rotatable bonds is 4. The van der Waals surface area contributed by atoms with E-state index in [4.69, 9.17) is 10.5 Å². The average molecular weight is 219 g/mol. The molecule has 0 amide bonds. The molecule has 2 heterocycles. The fourth-order valence-corrected chi connectivity index (χ4v) is 1.19. The van der Waals surface area contributed by atoms with Crippen LogP contribution in [-0.2, 0) is 13.1 Å². The fraction of sp³-hybridized carbons (Fsp3) is 0.300. The van der Waals surface area contributed by atoms with E-state index in [0.29, 0.717) is 18.2 Å². The Hall–Kier alpha value is -1.95. The molecule has 0 spiro atoms. The molecule has 0 aromatic carbocycles. The average Bonchev–Trinajstić information content (AvgIpc) is 2.78. The molecule has 6 heteroatoms. The third-order valence-corrected chi connectivity index (χ3v) is 2.05. The zero-order valence-electron chi connectivity index (χ0n) is 9.00. The second-order valence-electron chi connectivity index (χ2n) is 3.18. The van der Waals surface area contributed by atoms with Crippen molar-refractivity contribution >= 4 is 0 Å². The van der Waals surface area contributed by atoms with Crippen LogP contribution in [-0.4, -0.2) is 19.7 Å². The minimum absolute atomic E-state index is 0.376. The Morgan fingerprint density at radius 3 is 2.75 bits per heavy atom. The normalized spacial score (nSPS) is 10.4. The lowest BCUT2D eigenvalue weighted by atomic mass is 10.5. The standard InChI is InChI=1S/C10H13N5O/c1-2-15-7-9(5-14-15)16-10-6-12-8(3-11)4-13-10/h4-7H,2-3,11H2,1H3. The summed E-state index contributed by atoms with van der Waals surface area (Å²) in [5.41, 5.74) is 6.15. The summed E-state index contributed by atoms with van der Waals surface area (Å²) >= 11 is 0. The first-order valence-corrected chi connectivity index (χ1v) is 5.03. The topological polar surface area (TPSA) is 78.9 Å². The molecular formula is C10H13N5O. The summed E-state index contributed by atoms with van der Waals surface area (Å²) < 4.78 is 7.24. The lowest BCUT2D eigenvalue weighted by molar-refractivity contribution is 0.458. The van der Waals surface area contributed by atoms with Gasteiger partial charge in [-0.05, 0) is 6.92 Å². The molecule has 2 aromatic heterocycles. The monoisotopic (exact) mass is 219 g/mol. The third kappa shape index (κ3) is 2.34. The van der Waals surface area contributed by atoms with Gasteiger partial charge < -0.3 is 10.5 Å². The van der Waals surface area contributed by atoms with Gasteiger partial charge in [-0.2, -0.15) is 5.10 Å². The van der Waals surface area contributed by atoms with Crippen LogP contribution in [0.5, 0.6) is 11.6 Å². The highest BCUT2D eigenvalue weighted by Crippen LogP contribution is 2.16. The van der Waals surface area contributed by atoms with Crippen molar-refractivity contribution in [3.8, 4) is 11.6 Å². The Kier molecular flexibility index (Phi) is 3.11. The summed E-state index contributed by atoms with van der Waals surface area (Å²) in [4.78, 5) is 8.16. The molecule has 0 fully saturated rings. The van der Waals surface area contributed by atoms with E-state index in [1.165, 1.54) is 0 Å². The lowest BCUT2D eigenvalue weighted by Crippen LogP contribution is -2.00. The van der Waals surface area contributed by atoms with Gasteiger partial charge in [-0.25, -0.2) is 4.98 Å². The van der Waals surface area contributed by atoms with Crippen molar-refractivity contribution in [1.82, 2.24) is 19.7 Å². The van der Waals surface area contributed by atoms with Crippen LogP contribution in [0.4, 0.5) is 0 Å². The number of ether oxygens (including phenoxy) is 1. The van der Waals surface area contributed by atoms with Crippen LogP contribution in [0.15, 0.2) is 24.8 Å². The number of nitrogens with two attached hydrogens (primary N) is 1. The van der Waals surface area contributed by atoms with E-state index >= 15 is 0 Å². The Morgan fingerprint density at radius 1 is 1.31 bits per heavy atom. The summed E-state index contributed by atoms with van der Waals surface area (Å²) in [5.74, 6) is 1.09. The first kappa shape index (κ1) is 10.6. The number of aromatic nitrogens is 4. The molecule has 0 radical (unpaired) electrons. The Balaban J connectivity index is 2.08. The van der Waals surface area contributed by atoms with Crippen LogP contribution in [0.3, 0.4) is 0 Å². The van der Waals surface area contributed by atoms with Gasteiger partial charge in [0.1, 0.15) is 0 Å². The largest absolute Gasteiger partial charge is 0.434 e. The maximum absolute atomic E-state index is 5.46. The van der Waals surface area contributed by atoms with Crippen molar-refractivity contribution in [2.75, 3.05) is 0 Å². The first-order valence-electron chi connectivity index (χ1n) is 5.03. The van der Waals surface area contributed by atoms with Gasteiger partial charge in [0.15, 0.2) is 5.75 Å². The van der Waals surface area contributed by atoms with Gasteiger partial charge in [-0.1, -0.05) is 0 Å². The molecule has 0 bridgehead atoms. The van der Waals surface area contributed by atoms with Crippen LogP contribution >= 0.6 is 0 Å². The van der Waals surface area contributed by atoms with E-state index in [-0.39, 0.29) is 0 Å². The second-order valence-corrected chi connectivity index (χ2v) is 3.18. The SMILES string of the molecule is CCn1cc(Oc2cnc(CN)cn2)cn1. The first-order chi connectivity index (χ1) is 7.81. The quantitative estimate of drug-likeness (QED) is 0.828. The lowest BCUT2D eigenvalue weighted by Gasteiger charge is -2.01. The van der Waals surface area contributed by atoms with Crippen LogP contribution in [0, 0.1) is 0 Å². The predicted molar refractivity (Wildman–Crippen MR) is 57.9 cm³/mol. The molecule has 0 aliphatic rings. The summed E-state index contributed by atoms with van der Waals surface area (Å²) in [6, 6.07) is 0. The zero-order valence-corrected chi connectivity index (χ0v) is 9.00. The molecule has 0 atom stereocenters. The molecule has 0 aliphatic carbocycles. The highest BCUT2D eigenvalue weighted by molar-refractivity contribution is 5.19. The van der Waals surface area contributed by atoms with E-state index in [1.807, 2.05) is 6.92 Å². The molecule has 2 aromatic rings. The van der Waals surface area contributed by atoms with Crippen molar-refractivity contribution in [3.05, 3.63) is 30.5 Å². The summed E-state index contributed by atoms with van der Waals surface area (Å²) in [6.07, 6.45) is 6.59. The molecule has 0 aliphatic heterocycles. The maximum Gasteiger partial charge on any atom is 0.238 e. The maximum atomic E-state index is 5.46. The van der Waals surface area contributed by atoms with Crippen LogP contribution in [0.25, 0.3) is 0 Å². The van der Waals surface area contributed by atoms with E-state index in [0.717, 1.165) is 12.2 Å². The van der Waals surface area contributed by atoms with Crippen molar-refractivity contribution in [1.29, 1.82) is 0 Å². The highest BCUT2D eigenvalue weighted by Gasteiger charge is 2.02. The smallest absolute Gasteiger partial charge is 0.238 e.